The van der Waals surface area contributed by atoms with Gasteiger partial charge in [-0.1, -0.05) is 0 Å². The molecule has 4 rings (SSSR count). The number of aryl methyl sites for hydroxylation is 2. The maximum Gasteiger partial charge on any atom is 0.220 e. The van der Waals surface area contributed by atoms with Gasteiger partial charge in [-0.25, -0.2) is 15.0 Å². The van der Waals surface area contributed by atoms with Crippen LogP contribution in [-0.4, -0.2) is 47.1 Å². The minimum absolute atomic E-state index is 0.0949. The number of hydrogen-bond donors (Lipinski definition) is 1. The molecule has 0 radical (unpaired) electrons. The Bertz CT molecular complexity index is 998. The van der Waals surface area contributed by atoms with E-state index < -0.39 is 0 Å². The molecule has 152 valence electrons. The lowest BCUT2D eigenvalue weighted by Gasteiger charge is -2.33. The smallest absolute Gasteiger partial charge is 0.220 e. The first-order chi connectivity index (χ1) is 14.1. The molecule has 1 N–H and O–H groups in total. The summed E-state index contributed by atoms with van der Waals surface area (Å²) in [5.41, 5.74) is 3.30. The minimum Gasteiger partial charge on any atom is -0.481 e. The maximum atomic E-state index is 12.4. The molecule has 4 heterocycles. The molecule has 1 fully saturated rings. The first-order valence-electron chi connectivity index (χ1n) is 9.86. The van der Waals surface area contributed by atoms with Gasteiger partial charge in [0.25, 0.3) is 0 Å². The van der Waals surface area contributed by atoms with E-state index in [0.717, 1.165) is 47.5 Å². The molecule has 1 aliphatic heterocycles. The molecule has 1 aliphatic rings. The summed E-state index contributed by atoms with van der Waals surface area (Å²) in [7, 11) is 1.59. The number of ether oxygens (including phenoxy) is 1. The van der Waals surface area contributed by atoms with Crippen molar-refractivity contribution >= 4 is 33.3 Å². The molecule has 0 aliphatic carbocycles. The number of fused-ring (bicyclic) bond motifs is 1. The van der Waals surface area contributed by atoms with Crippen LogP contribution < -0.4 is 15.0 Å². The van der Waals surface area contributed by atoms with E-state index in [-0.39, 0.29) is 11.9 Å². The molecule has 1 saturated heterocycles. The van der Waals surface area contributed by atoms with Gasteiger partial charge < -0.3 is 15.0 Å². The minimum atomic E-state index is 0.0949. The SMILES string of the molecule is COc1cc(CCC(=O)NC2CCN(c3ncnc4c(C)csc34)CC2)ccn1. The largest absolute Gasteiger partial charge is 0.481 e. The number of pyridine rings is 1. The van der Waals surface area contributed by atoms with Crippen LogP contribution in [0.5, 0.6) is 5.88 Å². The third kappa shape index (κ3) is 4.48. The Morgan fingerprint density at radius 3 is 2.93 bits per heavy atom. The van der Waals surface area contributed by atoms with Gasteiger partial charge in [-0.15, -0.1) is 11.3 Å². The van der Waals surface area contributed by atoms with Crippen LogP contribution in [0.25, 0.3) is 10.2 Å². The lowest BCUT2D eigenvalue weighted by atomic mass is 10.0. The first-order valence-corrected chi connectivity index (χ1v) is 10.7. The second-order valence-electron chi connectivity index (χ2n) is 7.33. The van der Waals surface area contributed by atoms with Crippen LogP contribution in [0.1, 0.15) is 30.4 Å². The molecule has 29 heavy (non-hydrogen) atoms. The molecule has 0 saturated carbocycles. The average Bonchev–Trinajstić information content (AvgIpc) is 3.14. The molecule has 3 aromatic heterocycles. The van der Waals surface area contributed by atoms with E-state index in [2.05, 4.69) is 37.5 Å². The van der Waals surface area contributed by atoms with Crippen LogP contribution in [0, 0.1) is 6.92 Å². The van der Waals surface area contributed by atoms with Crippen LogP contribution in [-0.2, 0) is 11.2 Å². The normalized spacial score (nSPS) is 14.9. The Morgan fingerprint density at radius 2 is 2.14 bits per heavy atom. The molecular weight excluding hydrogens is 386 g/mol. The Labute approximate surface area is 174 Å². The summed E-state index contributed by atoms with van der Waals surface area (Å²) in [6, 6.07) is 4.01. The number of hydrogen-bond acceptors (Lipinski definition) is 7. The molecule has 1 amide bonds. The van der Waals surface area contributed by atoms with Gasteiger partial charge in [0, 0.05) is 37.8 Å². The first kappa shape index (κ1) is 19.6. The van der Waals surface area contributed by atoms with Gasteiger partial charge >= 0.3 is 0 Å². The van der Waals surface area contributed by atoms with E-state index in [4.69, 9.17) is 4.74 Å². The van der Waals surface area contributed by atoms with Crippen LogP contribution in [0.3, 0.4) is 0 Å². The quantitative estimate of drug-likeness (QED) is 0.671. The third-order valence-electron chi connectivity index (χ3n) is 5.32. The van der Waals surface area contributed by atoms with E-state index in [0.29, 0.717) is 18.7 Å². The fourth-order valence-electron chi connectivity index (χ4n) is 3.69. The van der Waals surface area contributed by atoms with Crippen LogP contribution in [0.2, 0.25) is 0 Å². The Morgan fingerprint density at radius 1 is 1.31 bits per heavy atom. The van der Waals surface area contributed by atoms with Crippen molar-refractivity contribution in [1.29, 1.82) is 0 Å². The average molecular weight is 412 g/mol. The predicted octanol–water partition coefficient (Wildman–Crippen LogP) is 3.12. The van der Waals surface area contributed by atoms with E-state index >= 15 is 0 Å². The lowest BCUT2D eigenvalue weighted by molar-refractivity contribution is -0.121. The van der Waals surface area contributed by atoms with Gasteiger partial charge in [-0.2, -0.15) is 0 Å². The summed E-state index contributed by atoms with van der Waals surface area (Å²) in [5.74, 6) is 1.69. The number of piperidine rings is 1. The topological polar surface area (TPSA) is 80.2 Å². The number of methoxy groups -OCH3 is 1. The number of thiophene rings is 1. The van der Waals surface area contributed by atoms with E-state index in [1.165, 1.54) is 5.56 Å². The van der Waals surface area contributed by atoms with E-state index in [1.54, 1.807) is 31.0 Å². The number of anilines is 1. The molecule has 3 aromatic rings. The van der Waals surface area contributed by atoms with Crippen molar-refractivity contribution in [3.05, 3.63) is 41.2 Å². The second kappa shape index (κ2) is 8.73. The molecule has 0 atom stereocenters. The number of nitrogens with zero attached hydrogens (tertiary/aromatic N) is 4. The van der Waals surface area contributed by atoms with E-state index in [1.807, 2.05) is 12.1 Å². The summed E-state index contributed by atoms with van der Waals surface area (Å²) in [6.45, 7) is 3.85. The van der Waals surface area contributed by atoms with Crippen LogP contribution in [0.15, 0.2) is 30.0 Å². The Hall–Kier alpha value is -2.74. The van der Waals surface area contributed by atoms with Gasteiger partial charge in [0.2, 0.25) is 11.8 Å². The number of amides is 1. The van der Waals surface area contributed by atoms with Crippen molar-refractivity contribution in [2.75, 3.05) is 25.1 Å². The summed E-state index contributed by atoms with van der Waals surface area (Å²) < 4.78 is 6.29. The summed E-state index contributed by atoms with van der Waals surface area (Å²) >= 11 is 1.70. The zero-order valence-electron chi connectivity index (χ0n) is 16.7. The van der Waals surface area contributed by atoms with Crippen LogP contribution in [0.4, 0.5) is 5.82 Å². The van der Waals surface area contributed by atoms with Gasteiger partial charge in [0.15, 0.2) is 0 Å². The van der Waals surface area contributed by atoms with E-state index in [9.17, 15) is 4.79 Å². The highest BCUT2D eigenvalue weighted by Gasteiger charge is 2.23. The molecule has 7 nitrogen and oxygen atoms in total. The van der Waals surface area contributed by atoms with Crippen molar-refractivity contribution in [2.24, 2.45) is 0 Å². The lowest BCUT2D eigenvalue weighted by Crippen LogP contribution is -2.45. The van der Waals surface area contributed by atoms with Crippen molar-refractivity contribution in [1.82, 2.24) is 20.3 Å². The van der Waals surface area contributed by atoms with Crippen molar-refractivity contribution < 1.29 is 9.53 Å². The predicted molar refractivity (Wildman–Crippen MR) is 115 cm³/mol. The van der Waals surface area contributed by atoms with Crippen molar-refractivity contribution in [2.45, 2.75) is 38.6 Å². The highest BCUT2D eigenvalue weighted by Crippen LogP contribution is 2.32. The zero-order valence-corrected chi connectivity index (χ0v) is 17.5. The number of rotatable bonds is 6. The summed E-state index contributed by atoms with van der Waals surface area (Å²) in [4.78, 5) is 27.7. The Balaban J connectivity index is 1.28. The fourth-order valence-corrected chi connectivity index (χ4v) is 4.71. The maximum absolute atomic E-state index is 12.4. The molecular formula is C21H25N5O2S. The second-order valence-corrected chi connectivity index (χ2v) is 8.21. The fraction of sp³-hybridized carbons (Fsp3) is 0.429. The highest BCUT2D eigenvalue weighted by atomic mass is 32.1. The Kier molecular flexibility index (Phi) is 5.89. The van der Waals surface area contributed by atoms with Crippen LogP contribution >= 0.6 is 11.3 Å². The molecule has 0 aromatic carbocycles. The van der Waals surface area contributed by atoms with Gasteiger partial charge in [-0.3, -0.25) is 4.79 Å². The third-order valence-corrected chi connectivity index (χ3v) is 6.40. The molecule has 0 unspecified atom stereocenters. The van der Waals surface area contributed by atoms with Crippen molar-refractivity contribution in [3.63, 3.8) is 0 Å². The van der Waals surface area contributed by atoms with Gasteiger partial charge in [0.05, 0.1) is 17.3 Å². The van der Waals surface area contributed by atoms with Crippen molar-refractivity contribution in [3.8, 4) is 5.88 Å². The number of aromatic nitrogens is 3. The molecule has 0 spiro atoms. The molecule has 0 bridgehead atoms. The van der Waals surface area contributed by atoms with Gasteiger partial charge in [-0.05, 0) is 48.8 Å². The number of carbonyl (C=O) groups excluding carboxylic acids is 1. The standard InChI is InChI=1S/C21H25N5O2S/c1-14-12-29-20-19(14)23-13-24-21(20)26-9-6-16(7-10-26)25-17(27)4-3-15-5-8-22-18(11-15)28-2/h5,8,11-13,16H,3-4,6-7,9-10H2,1-2H3,(H,25,27). The molecule has 8 heteroatoms. The van der Waals surface area contributed by atoms with Gasteiger partial charge in [0.1, 0.15) is 12.1 Å². The summed E-state index contributed by atoms with van der Waals surface area (Å²) in [5, 5.41) is 5.32. The monoisotopic (exact) mass is 411 g/mol. The number of nitrogens with one attached hydrogen (secondary N) is 1. The number of carbonyl (C=O) groups is 1. The highest BCUT2D eigenvalue weighted by molar-refractivity contribution is 7.18. The zero-order chi connectivity index (χ0) is 20.2. The summed E-state index contributed by atoms with van der Waals surface area (Å²) in [6.07, 6.45) is 6.35.